The van der Waals surface area contributed by atoms with Crippen LogP contribution in [0.3, 0.4) is 0 Å². The van der Waals surface area contributed by atoms with Gasteiger partial charge in [-0.15, -0.1) is 0 Å². The molecule has 8 nitrogen and oxygen atoms in total. The number of benzene rings is 1. The summed E-state index contributed by atoms with van der Waals surface area (Å²) in [6, 6.07) is 7.65. The fourth-order valence-corrected chi connectivity index (χ4v) is 4.71. The van der Waals surface area contributed by atoms with E-state index in [1.807, 2.05) is 29.2 Å². The smallest absolute Gasteiger partial charge is 0.254 e. The predicted octanol–water partition coefficient (Wildman–Crippen LogP) is 2.22. The molecule has 0 spiro atoms. The summed E-state index contributed by atoms with van der Waals surface area (Å²) in [7, 11) is 1.62. The molecule has 4 rings (SSSR count). The third-order valence-corrected chi connectivity index (χ3v) is 6.33. The number of piperidine rings is 2. The summed E-state index contributed by atoms with van der Waals surface area (Å²) >= 11 is 0. The normalized spacial score (nSPS) is 20.2. The van der Waals surface area contributed by atoms with Crippen molar-refractivity contribution in [2.75, 3.05) is 26.7 Å². The van der Waals surface area contributed by atoms with Gasteiger partial charge in [0.25, 0.3) is 5.91 Å². The second-order valence-electron chi connectivity index (χ2n) is 8.10. The zero-order valence-corrected chi connectivity index (χ0v) is 17.4. The number of hydrogen-bond acceptors (Lipinski definition) is 5. The van der Waals surface area contributed by atoms with Gasteiger partial charge in [-0.05, 0) is 56.2 Å². The Kier molecular flexibility index (Phi) is 6.30. The highest BCUT2D eigenvalue weighted by Gasteiger charge is 2.36. The minimum absolute atomic E-state index is 0.0758. The molecule has 2 saturated heterocycles. The molecule has 1 aromatic carbocycles. The van der Waals surface area contributed by atoms with Crippen LogP contribution < -0.4 is 4.74 Å². The number of methoxy groups -OCH3 is 1. The van der Waals surface area contributed by atoms with Gasteiger partial charge in [-0.2, -0.15) is 5.10 Å². The van der Waals surface area contributed by atoms with Crippen molar-refractivity contribution in [1.29, 1.82) is 0 Å². The quantitative estimate of drug-likeness (QED) is 0.754. The highest BCUT2D eigenvalue weighted by molar-refractivity contribution is 5.95. The number of rotatable bonds is 5. The van der Waals surface area contributed by atoms with Crippen LogP contribution >= 0.6 is 0 Å². The number of nitrogens with zero attached hydrogens (tertiary/aromatic N) is 5. The Morgan fingerprint density at radius 1 is 1.13 bits per heavy atom. The molecule has 0 N–H and O–H groups in total. The predicted molar refractivity (Wildman–Crippen MR) is 111 cm³/mol. The Morgan fingerprint density at radius 2 is 1.97 bits per heavy atom. The molecule has 2 amide bonds. The molecule has 0 radical (unpaired) electrons. The number of ether oxygens (including phenoxy) is 1. The Labute approximate surface area is 176 Å². The molecule has 160 valence electrons. The van der Waals surface area contributed by atoms with Gasteiger partial charge in [0.05, 0.1) is 7.11 Å². The Morgan fingerprint density at radius 3 is 2.70 bits per heavy atom. The van der Waals surface area contributed by atoms with E-state index >= 15 is 0 Å². The van der Waals surface area contributed by atoms with E-state index in [1.54, 1.807) is 18.1 Å². The minimum atomic E-state index is 0.0758. The van der Waals surface area contributed by atoms with Crippen LogP contribution in [-0.4, -0.2) is 69.2 Å². The lowest BCUT2D eigenvalue weighted by atomic mass is 9.83. The van der Waals surface area contributed by atoms with Crippen LogP contribution in [0.4, 0.5) is 0 Å². The molecule has 3 heterocycles. The number of likely N-dealkylation sites (tertiary alicyclic amines) is 2. The average molecular weight is 412 g/mol. The van der Waals surface area contributed by atoms with E-state index in [-0.39, 0.29) is 24.4 Å². The molecule has 1 aromatic heterocycles. The summed E-state index contributed by atoms with van der Waals surface area (Å²) in [6.07, 6.45) is 8.09. The van der Waals surface area contributed by atoms with E-state index in [1.165, 1.54) is 6.33 Å². The largest absolute Gasteiger partial charge is 0.497 e. The third-order valence-electron chi connectivity index (χ3n) is 6.33. The Bertz CT molecular complexity index is 861. The van der Waals surface area contributed by atoms with Crippen molar-refractivity contribution >= 4 is 11.8 Å². The first-order valence-corrected chi connectivity index (χ1v) is 10.7. The molecular formula is C22H29N5O3. The van der Waals surface area contributed by atoms with Crippen molar-refractivity contribution in [2.45, 2.75) is 44.7 Å². The second kappa shape index (κ2) is 9.28. The molecule has 2 aliphatic heterocycles. The summed E-state index contributed by atoms with van der Waals surface area (Å²) in [5.74, 6) is 1.29. The summed E-state index contributed by atoms with van der Waals surface area (Å²) in [5, 5.41) is 4.01. The lowest BCUT2D eigenvalue weighted by molar-refractivity contribution is -0.133. The Hall–Kier alpha value is -2.90. The molecule has 2 aliphatic rings. The van der Waals surface area contributed by atoms with Crippen molar-refractivity contribution in [3.63, 3.8) is 0 Å². The standard InChI is InChI=1S/C22H29N5O3/c1-30-19-6-4-5-18(13-19)22(29)27-10-3-2-7-20(27)17-8-11-25(12-9-17)21(28)14-26-16-23-15-24-26/h4-6,13,15-17,20H,2-3,7-12,14H2,1H3/t20-/m0/s1. The van der Waals surface area contributed by atoms with Crippen LogP contribution in [-0.2, 0) is 11.3 Å². The van der Waals surface area contributed by atoms with E-state index < -0.39 is 0 Å². The van der Waals surface area contributed by atoms with E-state index in [0.717, 1.165) is 51.7 Å². The van der Waals surface area contributed by atoms with Gasteiger partial charge in [-0.1, -0.05) is 6.07 Å². The SMILES string of the molecule is COc1cccc(C(=O)N2CCCC[C@H]2C2CCN(C(=O)Cn3cncn3)CC2)c1. The van der Waals surface area contributed by atoms with Crippen LogP contribution in [0.1, 0.15) is 42.5 Å². The lowest BCUT2D eigenvalue weighted by Gasteiger charge is -2.43. The number of hydrogen-bond donors (Lipinski definition) is 0. The first-order chi connectivity index (χ1) is 14.7. The van der Waals surface area contributed by atoms with E-state index in [0.29, 0.717) is 17.2 Å². The van der Waals surface area contributed by atoms with Crippen LogP contribution in [0.5, 0.6) is 5.75 Å². The first-order valence-electron chi connectivity index (χ1n) is 10.7. The van der Waals surface area contributed by atoms with Gasteiger partial charge in [-0.25, -0.2) is 9.67 Å². The first kappa shape index (κ1) is 20.4. The zero-order valence-electron chi connectivity index (χ0n) is 17.4. The molecule has 8 heteroatoms. The van der Waals surface area contributed by atoms with E-state index in [4.69, 9.17) is 4.74 Å². The summed E-state index contributed by atoms with van der Waals surface area (Å²) in [6.45, 7) is 2.49. The number of carbonyl (C=O) groups is 2. The van der Waals surface area contributed by atoms with Gasteiger partial charge < -0.3 is 14.5 Å². The summed E-state index contributed by atoms with van der Waals surface area (Å²) < 4.78 is 6.85. The van der Waals surface area contributed by atoms with Gasteiger partial charge in [0.2, 0.25) is 5.91 Å². The fourth-order valence-electron chi connectivity index (χ4n) is 4.71. The monoisotopic (exact) mass is 411 g/mol. The van der Waals surface area contributed by atoms with E-state index in [2.05, 4.69) is 15.0 Å². The molecule has 0 bridgehead atoms. The number of carbonyl (C=O) groups excluding carboxylic acids is 2. The highest BCUT2D eigenvalue weighted by atomic mass is 16.5. The molecule has 0 unspecified atom stereocenters. The van der Waals surface area contributed by atoms with Gasteiger partial charge >= 0.3 is 0 Å². The van der Waals surface area contributed by atoms with Gasteiger partial charge in [0.15, 0.2) is 0 Å². The van der Waals surface area contributed by atoms with Crippen LogP contribution in [0.25, 0.3) is 0 Å². The van der Waals surface area contributed by atoms with Crippen molar-refractivity contribution in [2.24, 2.45) is 5.92 Å². The fraction of sp³-hybridized carbons (Fsp3) is 0.545. The summed E-state index contributed by atoms with van der Waals surface area (Å²) in [5.41, 5.74) is 0.682. The zero-order chi connectivity index (χ0) is 20.9. The topological polar surface area (TPSA) is 80.6 Å². The lowest BCUT2D eigenvalue weighted by Crippen LogP contribution is -2.51. The van der Waals surface area contributed by atoms with Gasteiger partial charge in [-0.3, -0.25) is 9.59 Å². The van der Waals surface area contributed by atoms with Crippen LogP contribution in [0.2, 0.25) is 0 Å². The average Bonchev–Trinajstić information content (AvgIpc) is 3.32. The number of amides is 2. The van der Waals surface area contributed by atoms with Gasteiger partial charge in [0, 0.05) is 31.2 Å². The third kappa shape index (κ3) is 4.47. The van der Waals surface area contributed by atoms with Crippen LogP contribution in [0, 0.1) is 5.92 Å². The molecule has 0 aliphatic carbocycles. The van der Waals surface area contributed by atoms with Crippen molar-refractivity contribution in [3.8, 4) is 5.75 Å². The highest BCUT2D eigenvalue weighted by Crippen LogP contribution is 2.32. The van der Waals surface area contributed by atoms with E-state index in [9.17, 15) is 9.59 Å². The molecule has 2 aromatic rings. The molecular weight excluding hydrogens is 382 g/mol. The summed E-state index contributed by atoms with van der Waals surface area (Å²) in [4.78, 5) is 33.7. The molecule has 2 fully saturated rings. The maximum Gasteiger partial charge on any atom is 0.254 e. The Balaban J connectivity index is 1.38. The number of aromatic nitrogens is 3. The van der Waals surface area contributed by atoms with Crippen molar-refractivity contribution in [1.82, 2.24) is 24.6 Å². The second-order valence-corrected chi connectivity index (χ2v) is 8.10. The van der Waals surface area contributed by atoms with Crippen molar-refractivity contribution < 1.29 is 14.3 Å². The van der Waals surface area contributed by atoms with Gasteiger partial charge in [0.1, 0.15) is 24.9 Å². The maximum atomic E-state index is 13.3. The van der Waals surface area contributed by atoms with Crippen LogP contribution in [0.15, 0.2) is 36.9 Å². The molecule has 0 saturated carbocycles. The minimum Gasteiger partial charge on any atom is -0.497 e. The maximum absolute atomic E-state index is 13.3. The molecule has 1 atom stereocenters. The molecule has 30 heavy (non-hydrogen) atoms. The van der Waals surface area contributed by atoms with Crippen molar-refractivity contribution in [3.05, 3.63) is 42.5 Å².